The monoisotopic (exact) mass is 203 g/mol. The van der Waals surface area contributed by atoms with Crippen molar-refractivity contribution in [1.29, 1.82) is 0 Å². The third kappa shape index (κ3) is 3.15. The Morgan fingerprint density at radius 1 is 1.46 bits per heavy atom. The first-order valence-corrected chi connectivity index (χ1v) is 6.42. The minimum Gasteiger partial charge on any atom is -0.396 e. The SMILES string of the molecule is CS[C@H]1CCC[C@H]1N(C)CCCO. The Bertz CT molecular complexity index is 143. The highest BCUT2D eigenvalue weighted by Gasteiger charge is 2.28. The summed E-state index contributed by atoms with van der Waals surface area (Å²) in [5, 5.41) is 9.57. The molecule has 2 atom stereocenters. The van der Waals surface area contributed by atoms with Crippen molar-refractivity contribution >= 4 is 11.8 Å². The number of hydrogen-bond donors (Lipinski definition) is 1. The Labute approximate surface area is 85.7 Å². The van der Waals surface area contributed by atoms with Gasteiger partial charge in [0.25, 0.3) is 0 Å². The summed E-state index contributed by atoms with van der Waals surface area (Å²) in [6, 6.07) is 0.751. The van der Waals surface area contributed by atoms with Gasteiger partial charge in [0, 0.05) is 24.4 Å². The van der Waals surface area contributed by atoms with E-state index in [0.717, 1.165) is 24.3 Å². The van der Waals surface area contributed by atoms with Gasteiger partial charge in [0.15, 0.2) is 0 Å². The summed E-state index contributed by atoms with van der Waals surface area (Å²) in [7, 11) is 2.19. The quantitative estimate of drug-likeness (QED) is 0.734. The predicted octanol–water partition coefficient (Wildman–Crippen LogP) is 1.58. The highest BCUT2D eigenvalue weighted by Crippen LogP contribution is 2.31. The van der Waals surface area contributed by atoms with Crippen molar-refractivity contribution in [3.8, 4) is 0 Å². The predicted molar refractivity (Wildman–Crippen MR) is 59.3 cm³/mol. The highest BCUT2D eigenvalue weighted by molar-refractivity contribution is 7.99. The molecule has 0 radical (unpaired) electrons. The third-order valence-electron chi connectivity index (χ3n) is 2.96. The molecule has 1 N–H and O–H groups in total. The second-order valence-electron chi connectivity index (χ2n) is 3.83. The maximum absolute atomic E-state index is 8.75. The second kappa shape index (κ2) is 5.89. The Morgan fingerprint density at radius 2 is 2.23 bits per heavy atom. The molecule has 2 nitrogen and oxygen atoms in total. The summed E-state index contributed by atoms with van der Waals surface area (Å²) in [5.74, 6) is 0. The molecule has 1 aliphatic carbocycles. The molecule has 1 rings (SSSR count). The van der Waals surface area contributed by atoms with E-state index in [1.165, 1.54) is 19.3 Å². The Morgan fingerprint density at radius 3 is 2.85 bits per heavy atom. The lowest BCUT2D eigenvalue weighted by atomic mass is 10.2. The fraction of sp³-hybridized carbons (Fsp3) is 1.00. The maximum atomic E-state index is 8.75. The molecular weight excluding hydrogens is 182 g/mol. The maximum Gasteiger partial charge on any atom is 0.0443 e. The lowest BCUT2D eigenvalue weighted by Crippen LogP contribution is -2.36. The van der Waals surface area contributed by atoms with E-state index in [0.29, 0.717) is 6.61 Å². The van der Waals surface area contributed by atoms with Gasteiger partial charge in [0.05, 0.1) is 0 Å². The molecule has 0 heterocycles. The Kier molecular flexibility index (Phi) is 5.14. The zero-order chi connectivity index (χ0) is 9.68. The molecule has 0 amide bonds. The van der Waals surface area contributed by atoms with Crippen LogP contribution in [0.4, 0.5) is 0 Å². The summed E-state index contributed by atoms with van der Waals surface area (Å²) in [6.45, 7) is 1.36. The number of nitrogens with zero attached hydrogens (tertiary/aromatic N) is 1. The molecule has 1 saturated carbocycles. The van der Waals surface area contributed by atoms with Crippen molar-refractivity contribution in [3.63, 3.8) is 0 Å². The van der Waals surface area contributed by atoms with Gasteiger partial charge in [-0.05, 0) is 32.6 Å². The fourth-order valence-electron chi connectivity index (χ4n) is 2.17. The molecule has 0 spiro atoms. The van der Waals surface area contributed by atoms with Crippen molar-refractivity contribution in [2.45, 2.75) is 37.0 Å². The van der Waals surface area contributed by atoms with Gasteiger partial charge in [-0.25, -0.2) is 0 Å². The molecule has 0 aromatic rings. The molecule has 3 heteroatoms. The van der Waals surface area contributed by atoms with Crippen LogP contribution >= 0.6 is 11.8 Å². The molecule has 1 fully saturated rings. The van der Waals surface area contributed by atoms with Gasteiger partial charge in [0.2, 0.25) is 0 Å². The largest absolute Gasteiger partial charge is 0.396 e. The zero-order valence-corrected chi connectivity index (χ0v) is 9.52. The van der Waals surface area contributed by atoms with Crippen molar-refractivity contribution < 1.29 is 5.11 Å². The minimum absolute atomic E-state index is 0.320. The molecular formula is C10H21NOS. The highest BCUT2D eigenvalue weighted by atomic mass is 32.2. The van der Waals surface area contributed by atoms with Gasteiger partial charge < -0.3 is 10.0 Å². The van der Waals surface area contributed by atoms with E-state index in [-0.39, 0.29) is 0 Å². The van der Waals surface area contributed by atoms with Crippen LogP contribution in [0.3, 0.4) is 0 Å². The molecule has 1 aliphatic rings. The summed E-state index contributed by atoms with van der Waals surface area (Å²) in [4.78, 5) is 2.42. The van der Waals surface area contributed by atoms with Gasteiger partial charge in [-0.3, -0.25) is 0 Å². The van der Waals surface area contributed by atoms with Gasteiger partial charge in [-0.2, -0.15) is 11.8 Å². The number of aliphatic hydroxyl groups is 1. The van der Waals surface area contributed by atoms with E-state index in [9.17, 15) is 0 Å². The van der Waals surface area contributed by atoms with Gasteiger partial charge in [-0.1, -0.05) is 6.42 Å². The van der Waals surface area contributed by atoms with Gasteiger partial charge >= 0.3 is 0 Å². The van der Waals surface area contributed by atoms with Crippen LogP contribution < -0.4 is 0 Å². The number of aliphatic hydroxyl groups excluding tert-OH is 1. The fourth-order valence-corrected chi connectivity index (χ4v) is 3.23. The van der Waals surface area contributed by atoms with E-state index < -0.39 is 0 Å². The molecule has 78 valence electrons. The van der Waals surface area contributed by atoms with Crippen LogP contribution in [0, 0.1) is 0 Å². The molecule has 0 unspecified atom stereocenters. The minimum atomic E-state index is 0.320. The molecule has 0 bridgehead atoms. The molecule has 13 heavy (non-hydrogen) atoms. The zero-order valence-electron chi connectivity index (χ0n) is 8.70. The average Bonchev–Trinajstić information content (AvgIpc) is 2.61. The Balaban J connectivity index is 2.31. The van der Waals surface area contributed by atoms with Crippen molar-refractivity contribution in [2.75, 3.05) is 26.5 Å². The smallest absolute Gasteiger partial charge is 0.0443 e. The van der Waals surface area contributed by atoms with Gasteiger partial charge in [-0.15, -0.1) is 0 Å². The van der Waals surface area contributed by atoms with E-state index in [4.69, 9.17) is 5.11 Å². The molecule has 0 aliphatic heterocycles. The Hall–Kier alpha value is 0.270. The molecule has 0 aromatic carbocycles. The first kappa shape index (κ1) is 11.3. The first-order valence-electron chi connectivity index (χ1n) is 5.13. The standard InChI is InChI=1S/C10H21NOS/c1-11(7-4-8-12)9-5-3-6-10(9)13-2/h9-10,12H,3-8H2,1-2H3/t9-,10+/m1/s1. The topological polar surface area (TPSA) is 23.5 Å². The van der Waals surface area contributed by atoms with Crippen LogP contribution in [-0.2, 0) is 0 Å². The van der Waals surface area contributed by atoms with Crippen LogP contribution in [0.15, 0.2) is 0 Å². The lowest BCUT2D eigenvalue weighted by molar-refractivity contribution is 0.211. The summed E-state index contributed by atoms with van der Waals surface area (Å²) < 4.78 is 0. The van der Waals surface area contributed by atoms with E-state index in [1.807, 2.05) is 11.8 Å². The van der Waals surface area contributed by atoms with E-state index in [2.05, 4.69) is 18.2 Å². The number of hydrogen-bond acceptors (Lipinski definition) is 3. The number of rotatable bonds is 5. The number of thioether (sulfide) groups is 1. The third-order valence-corrected chi connectivity index (χ3v) is 4.11. The van der Waals surface area contributed by atoms with Crippen LogP contribution in [0.2, 0.25) is 0 Å². The van der Waals surface area contributed by atoms with Crippen LogP contribution in [0.25, 0.3) is 0 Å². The summed E-state index contributed by atoms with van der Waals surface area (Å²) >= 11 is 2.00. The van der Waals surface area contributed by atoms with Crippen LogP contribution in [0.5, 0.6) is 0 Å². The van der Waals surface area contributed by atoms with E-state index >= 15 is 0 Å². The lowest BCUT2D eigenvalue weighted by Gasteiger charge is -2.28. The molecule has 0 saturated heterocycles. The van der Waals surface area contributed by atoms with Crippen molar-refractivity contribution in [1.82, 2.24) is 4.90 Å². The van der Waals surface area contributed by atoms with Crippen LogP contribution in [-0.4, -0.2) is 47.8 Å². The first-order chi connectivity index (χ1) is 6.29. The molecule has 0 aromatic heterocycles. The summed E-state index contributed by atoms with van der Waals surface area (Å²) in [6.07, 6.45) is 7.21. The van der Waals surface area contributed by atoms with Crippen molar-refractivity contribution in [2.24, 2.45) is 0 Å². The second-order valence-corrected chi connectivity index (χ2v) is 4.91. The van der Waals surface area contributed by atoms with E-state index in [1.54, 1.807) is 0 Å². The van der Waals surface area contributed by atoms with Crippen molar-refractivity contribution in [3.05, 3.63) is 0 Å². The van der Waals surface area contributed by atoms with Gasteiger partial charge in [0.1, 0.15) is 0 Å². The average molecular weight is 203 g/mol. The van der Waals surface area contributed by atoms with Crippen LogP contribution in [0.1, 0.15) is 25.7 Å². The summed E-state index contributed by atoms with van der Waals surface area (Å²) in [5.41, 5.74) is 0. The normalized spacial score (nSPS) is 28.6.